The number of hydrogen-bond acceptors (Lipinski definition) is 6. The van der Waals surface area contributed by atoms with Crippen LogP contribution in [0.15, 0.2) is 28.7 Å². The van der Waals surface area contributed by atoms with Crippen molar-refractivity contribution in [1.82, 2.24) is 15.1 Å². The van der Waals surface area contributed by atoms with E-state index >= 15 is 0 Å². The number of rotatable bonds is 6. The third-order valence-corrected chi connectivity index (χ3v) is 5.03. The second-order valence-corrected chi connectivity index (χ2v) is 6.89. The fraction of sp³-hybridized carbons (Fsp3) is 0.579. The first-order valence-corrected chi connectivity index (χ1v) is 9.40. The minimum atomic E-state index is 0.531. The van der Waals surface area contributed by atoms with Crippen LogP contribution in [0.1, 0.15) is 32.6 Å². The third kappa shape index (κ3) is 3.49. The van der Waals surface area contributed by atoms with Crippen molar-refractivity contribution < 1.29 is 9.15 Å². The molecule has 0 saturated carbocycles. The second-order valence-electron chi connectivity index (χ2n) is 6.89. The van der Waals surface area contributed by atoms with Crippen molar-refractivity contribution in [2.75, 3.05) is 37.7 Å². The van der Waals surface area contributed by atoms with E-state index < -0.39 is 0 Å². The molecule has 2 fully saturated rings. The Bertz CT molecular complexity index is 690. The smallest absolute Gasteiger partial charge is 0.318 e. The van der Waals surface area contributed by atoms with Crippen LogP contribution in [-0.2, 0) is 0 Å². The Balaban J connectivity index is 1.41. The number of ether oxygens (including phenoxy) is 1. The molecule has 3 heterocycles. The first-order chi connectivity index (χ1) is 12.3. The number of piperidine rings is 1. The van der Waals surface area contributed by atoms with E-state index in [1.807, 2.05) is 24.3 Å². The molecule has 6 heteroatoms. The van der Waals surface area contributed by atoms with Crippen molar-refractivity contribution in [1.29, 1.82) is 0 Å². The molecular formula is C19H26N4O2. The van der Waals surface area contributed by atoms with Gasteiger partial charge in [-0.3, -0.25) is 4.90 Å². The molecule has 0 N–H and O–H groups in total. The van der Waals surface area contributed by atoms with Gasteiger partial charge in [-0.15, -0.1) is 5.10 Å². The van der Waals surface area contributed by atoms with Crippen molar-refractivity contribution in [3.8, 4) is 17.2 Å². The van der Waals surface area contributed by atoms with Crippen LogP contribution in [0.3, 0.4) is 0 Å². The van der Waals surface area contributed by atoms with Crippen molar-refractivity contribution in [3.05, 3.63) is 24.3 Å². The Kier molecular flexibility index (Phi) is 4.88. The number of benzene rings is 1. The summed E-state index contributed by atoms with van der Waals surface area (Å²) in [5, 5.41) is 8.49. The van der Waals surface area contributed by atoms with Gasteiger partial charge in [0, 0.05) is 19.1 Å². The van der Waals surface area contributed by atoms with Gasteiger partial charge >= 0.3 is 6.01 Å². The zero-order valence-electron chi connectivity index (χ0n) is 14.9. The molecule has 0 spiro atoms. The van der Waals surface area contributed by atoms with Crippen LogP contribution in [0.25, 0.3) is 11.5 Å². The maximum Gasteiger partial charge on any atom is 0.318 e. The van der Waals surface area contributed by atoms with Gasteiger partial charge in [-0.2, -0.15) is 0 Å². The predicted octanol–water partition coefficient (Wildman–Crippen LogP) is 3.20. The molecule has 134 valence electrons. The van der Waals surface area contributed by atoms with Crippen molar-refractivity contribution in [2.45, 2.75) is 38.6 Å². The fourth-order valence-corrected chi connectivity index (χ4v) is 3.56. The van der Waals surface area contributed by atoms with Gasteiger partial charge < -0.3 is 14.1 Å². The Morgan fingerprint density at radius 2 is 1.92 bits per heavy atom. The highest BCUT2D eigenvalue weighted by atomic mass is 16.5. The minimum absolute atomic E-state index is 0.531. The lowest BCUT2D eigenvalue weighted by molar-refractivity contribution is 0.135. The molecule has 0 bridgehead atoms. The molecule has 2 aliphatic heterocycles. The molecule has 2 aromatic rings. The molecule has 0 unspecified atom stereocenters. The topological polar surface area (TPSA) is 54.6 Å². The van der Waals surface area contributed by atoms with E-state index in [1.54, 1.807) is 0 Å². The van der Waals surface area contributed by atoms with E-state index in [0.717, 1.165) is 30.8 Å². The lowest BCUT2D eigenvalue weighted by Crippen LogP contribution is -2.60. The highest BCUT2D eigenvalue weighted by molar-refractivity contribution is 5.63. The molecule has 4 rings (SSSR count). The number of anilines is 1. The molecule has 2 saturated heterocycles. The van der Waals surface area contributed by atoms with Gasteiger partial charge in [-0.05, 0) is 44.5 Å². The summed E-state index contributed by atoms with van der Waals surface area (Å²) in [5.74, 6) is 1.33. The maximum absolute atomic E-state index is 5.94. The third-order valence-electron chi connectivity index (χ3n) is 5.03. The van der Waals surface area contributed by atoms with Crippen LogP contribution in [0.5, 0.6) is 5.75 Å². The minimum Gasteiger partial charge on any atom is -0.493 e. The number of aromatic nitrogens is 2. The van der Waals surface area contributed by atoms with Gasteiger partial charge in [0.1, 0.15) is 5.75 Å². The quantitative estimate of drug-likeness (QED) is 0.803. The number of para-hydroxylation sites is 1. The van der Waals surface area contributed by atoms with Crippen LogP contribution >= 0.6 is 0 Å². The zero-order valence-corrected chi connectivity index (χ0v) is 14.9. The average Bonchev–Trinajstić information content (AvgIpc) is 3.09. The normalized spacial score (nSPS) is 19.0. The Hall–Kier alpha value is -2.08. The molecule has 25 heavy (non-hydrogen) atoms. The molecule has 2 aliphatic rings. The predicted molar refractivity (Wildman–Crippen MR) is 96.9 cm³/mol. The summed E-state index contributed by atoms with van der Waals surface area (Å²) < 4.78 is 11.7. The molecule has 0 amide bonds. The van der Waals surface area contributed by atoms with Crippen LogP contribution < -0.4 is 9.64 Å². The maximum atomic E-state index is 5.94. The van der Waals surface area contributed by atoms with E-state index in [9.17, 15) is 0 Å². The summed E-state index contributed by atoms with van der Waals surface area (Å²) in [6.07, 6.45) is 5.00. The van der Waals surface area contributed by atoms with Crippen LogP contribution in [0.2, 0.25) is 0 Å². The van der Waals surface area contributed by atoms with E-state index in [1.165, 1.54) is 32.4 Å². The SMILES string of the molecule is CCCOc1ccccc1-c1nnc(N2CC(N3CCCCC3)C2)o1. The Morgan fingerprint density at radius 3 is 2.72 bits per heavy atom. The van der Waals surface area contributed by atoms with E-state index in [-0.39, 0.29) is 0 Å². The Labute approximate surface area is 148 Å². The zero-order chi connectivity index (χ0) is 17.1. The first kappa shape index (κ1) is 16.4. The molecule has 0 aliphatic carbocycles. The molecule has 6 nitrogen and oxygen atoms in total. The Morgan fingerprint density at radius 1 is 1.12 bits per heavy atom. The molecule has 1 aromatic heterocycles. The van der Waals surface area contributed by atoms with Crippen LogP contribution in [-0.4, -0.2) is 53.9 Å². The molecule has 1 aromatic carbocycles. The van der Waals surface area contributed by atoms with Gasteiger partial charge in [0.2, 0.25) is 0 Å². The summed E-state index contributed by atoms with van der Waals surface area (Å²) in [7, 11) is 0. The monoisotopic (exact) mass is 342 g/mol. The van der Waals surface area contributed by atoms with Gasteiger partial charge in [0.25, 0.3) is 5.89 Å². The number of nitrogens with zero attached hydrogens (tertiary/aromatic N) is 4. The van der Waals surface area contributed by atoms with Crippen molar-refractivity contribution in [3.63, 3.8) is 0 Å². The number of hydrogen-bond donors (Lipinski definition) is 0. The van der Waals surface area contributed by atoms with Gasteiger partial charge in [-0.25, -0.2) is 0 Å². The molecular weight excluding hydrogens is 316 g/mol. The van der Waals surface area contributed by atoms with E-state index in [2.05, 4.69) is 26.9 Å². The largest absolute Gasteiger partial charge is 0.493 e. The van der Waals surface area contributed by atoms with Gasteiger partial charge in [-0.1, -0.05) is 30.6 Å². The summed E-state index contributed by atoms with van der Waals surface area (Å²) >= 11 is 0. The summed E-state index contributed by atoms with van der Waals surface area (Å²) in [4.78, 5) is 4.77. The molecule has 0 atom stereocenters. The standard InChI is InChI=1S/C19H26N4O2/c1-2-12-24-17-9-5-4-8-16(17)18-20-21-19(25-18)23-13-15(14-23)22-10-6-3-7-11-22/h4-5,8-9,15H,2-3,6-7,10-14H2,1H3. The highest BCUT2D eigenvalue weighted by Gasteiger charge is 2.35. The summed E-state index contributed by atoms with van der Waals surface area (Å²) in [6, 6.07) is 9.10. The van der Waals surface area contributed by atoms with Crippen LogP contribution in [0.4, 0.5) is 6.01 Å². The summed E-state index contributed by atoms with van der Waals surface area (Å²) in [6.45, 7) is 7.20. The highest BCUT2D eigenvalue weighted by Crippen LogP contribution is 2.32. The number of likely N-dealkylation sites (tertiary alicyclic amines) is 1. The first-order valence-electron chi connectivity index (χ1n) is 9.40. The van der Waals surface area contributed by atoms with Crippen molar-refractivity contribution >= 4 is 6.01 Å². The lowest BCUT2D eigenvalue weighted by atomic mass is 10.0. The van der Waals surface area contributed by atoms with E-state index in [0.29, 0.717) is 24.6 Å². The second kappa shape index (κ2) is 7.44. The average molecular weight is 342 g/mol. The molecule has 0 radical (unpaired) electrons. The lowest BCUT2D eigenvalue weighted by Gasteiger charge is -2.45. The van der Waals surface area contributed by atoms with E-state index in [4.69, 9.17) is 9.15 Å². The van der Waals surface area contributed by atoms with Gasteiger partial charge in [0.15, 0.2) is 0 Å². The summed E-state index contributed by atoms with van der Waals surface area (Å²) in [5.41, 5.74) is 0.864. The van der Waals surface area contributed by atoms with Crippen molar-refractivity contribution in [2.24, 2.45) is 0 Å². The fourth-order valence-electron chi connectivity index (χ4n) is 3.56. The van der Waals surface area contributed by atoms with Gasteiger partial charge in [0.05, 0.1) is 12.2 Å². The van der Waals surface area contributed by atoms with Crippen LogP contribution in [0, 0.1) is 0 Å².